The molecule has 0 bridgehead atoms. The zero-order chi connectivity index (χ0) is 9.84. The maximum atomic E-state index is 9.36. The van der Waals surface area contributed by atoms with Crippen molar-refractivity contribution in [3.8, 4) is 0 Å². The Morgan fingerprint density at radius 2 is 2.15 bits per heavy atom. The molecule has 5 nitrogen and oxygen atoms in total. The van der Waals surface area contributed by atoms with Crippen molar-refractivity contribution in [1.29, 1.82) is 0 Å². The van der Waals surface area contributed by atoms with E-state index in [1.165, 1.54) is 0 Å². The Balaban J connectivity index is 2.47. The van der Waals surface area contributed by atoms with Gasteiger partial charge in [-0.25, -0.2) is 0 Å². The van der Waals surface area contributed by atoms with E-state index in [1.54, 1.807) is 0 Å². The summed E-state index contributed by atoms with van der Waals surface area (Å²) >= 11 is 0. The van der Waals surface area contributed by atoms with Crippen LogP contribution in [0.15, 0.2) is 0 Å². The molecular weight excluding hydrogens is 176 g/mol. The van der Waals surface area contributed by atoms with Crippen molar-refractivity contribution in [3.63, 3.8) is 0 Å². The Bertz CT molecular complexity index is 151. The molecule has 0 aromatic carbocycles. The van der Waals surface area contributed by atoms with Crippen molar-refractivity contribution < 1.29 is 24.8 Å². The monoisotopic (exact) mass is 192 g/mol. The van der Waals surface area contributed by atoms with E-state index in [2.05, 4.69) is 0 Å². The van der Waals surface area contributed by atoms with Crippen LogP contribution < -0.4 is 0 Å². The van der Waals surface area contributed by atoms with Gasteiger partial charge in [-0.1, -0.05) is 0 Å². The topological polar surface area (TPSA) is 79.2 Å². The lowest BCUT2D eigenvalue weighted by Gasteiger charge is -2.35. The molecule has 0 amide bonds. The van der Waals surface area contributed by atoms with Crippen molar-refractivity contribution in [2.75, 3.05) is 13.2 Å². The molecule has 3 N–H and O–H groups in total. The van der Waals surface area contributed by atoms with Crippen molar-refractivity contribution in [2.24, 2.45) is 0 Å². The Kier molecular flexibility index (Phi) is 4.08. The molecule has 5 heteroatoms. The van der Waals surface area contributed by atoms with E-state index in [0.29, 0.717) is 6.61 Å². The van der Waals surface area contributed by atoms with Crippen LogP contribution in [-0.4, -0.2) is 53.1 Å². The zero-order valence-electron chi connectivity index (χ0n) is 7.59. The van der Waals surface area contributed by atoms with Crippen LogP contribution in [0, 0.1) is 0 Å². The second-order valence-corrected chi connectivity index (χ2v) is 3.04. The van der Waals surface area contributed by atoms with E-state index in [1.807, 2.05) is 6.92 Å². The number of rotatable bonds is 3. The Morgan fingerprint density at radius 1 is 1.46 bits per heavy atom. The standard InChI is InChI=1S/C8H16O5/c1-2-12-7-3-5(10)8(11)6(4-9)13-7/h5-11H,2-4H2,1H3/t5-,6-,7?,8+/m1/s1. The summed E-state index contributed by atoms with van der Waals surface area (Å²) in [5.41, 5.74) is 0. The van der Waals surface area contributed by atoms with Gasteiger partial charge in [-0.15, -0.1) is 0 Å². The van der Waals surface area contributed by atoms with Crippen molar-refractivity contribution in [3.05, 3.63) is 0 Å². The van der Waals surface area contributed by atoms with E-state index in [-0.39, 0.29) is 13.0 Å². The molecule has 1 saturated heterocycles. The van der Waals surface area contributed by atoms with Crippen LogP contribution in [-0.2, 0) is 9.47 Å². The molecule has 0 radical (unpaired) electrons. The second kappa shape index (κ2) is 4.88. The summed E-state index contributed by atoms with van der Waals surface area (Å²) < 4.78 is 10.3. The molecule has 0 aromatic heterocycles. The molecule has 1 heterocycles. The van der Waals surface area contributed by atoms with E-state index in [0.717, 1.165) is 0 Å². The molecule has 1 aliphatic heterocycles. The SMILES string of the molecule is CCOC1C[C@@H](O)[C@H](O)[C@@H](CO)O1. The minimum absolute atomic E-state index is 0.242. The molecule has 1 unspecified atom stereocenters. The third kappa shape index (κ3) is 2.62. The fourth-order valence-corrected chi connectivity index (χ4v) is 1.36. The van der Waals surface area contributed by atoms with Crippen LogP contribution in [0.5, 0.6) is 0 Å². The lowest BCUT2D eigenvalue weighted by Crippen LogP contribution is -2.50. The summed E-state index contributed by atoms with van der Waals surface area (Å²) in [4.78, 5) is 0. The third-order valence-electron chi connectivity index (χ3n) is 2.07. The highest BCUT2D eigenvalue weighted by Crippen LogP contribution is 2.20. The first kappa shape index (κ1) is 10.9. The summed E-state index contributed by atoms with van der Waals surface area (Å²) in [6, 6.07) is 0. The maximum absolute atomic E-state index is 9.36. The maximum Gasteiger partial charge on any atom is 0.160 e. The highest BCUT2D eigenvalue weighted by molar-refractivity contribution is 4.82. The van der Waals surface area contributed by atoms with Gasteiger partial charge in [0.15, 0.2) is 6.29 Å². The van der Waals surface area contributed by atoms with Gasteiger partial charge in [0.05, 0.1) is 12.7 Å². The molecule has 0 aliphatic carbocycles. The fourth-order valence-electron chi connectivity index (χ4n) is 1.36. The summed E-state index contributed by atoms with van der Waals surface area (Å²) in [7, 11) is 0. The van der Waals surface area contributed by atoms with Gasteiger partial charge in [-0.2, -0.15) is 0 Å². The van der Waals surface area contributed by atoms with Gasteiger partial charge in [0.1, 0.15) is 12.2 Å². The van der Waals surface area contributed by atoms with Gasteiger partial charge >= 0.3 is 0 Å². The molecule has 4 atom stereocenters. The smallest absolute Gasteiger partial charge is 0.160 e. The van der Waals surface area contributed by atoms with Crippen LogP contribution in [0.3, 0.4) is 0 Å². The number of aliphatic hydroxyl groups is 3. The molecule has 1 rings (SSSR count). The van der Waals surface area contributed by atoms with E-state index in [9.17, 15) is 10.2 Å². The average Bonchev–Trinajstić information content (AvgIpc) is 2.11. The summed E-state index contributed by atoms with van der Waals surface area (Å²) in [6.07, 6.45) is -2.95. The van der Waals surface area contributed by atoms with Crippen LogP contribution in [0.1, 0.15) is 13.3 Å². The molecule has 1 fully saturated rings. The Labute approximate surface area is 76.9 Å². The largest absolute Gasteiger partial charge is 0.394 e. The number of ether oxygens (including phenoxy) is 2. The van der Waals surface area contributed by atoms with Gasteiger partial charge in [0.25, 0.3) is 0 Å². The Morgan fingerprint density at radius 3 is 2.69 bits per heavy atom. The van der Waals surface area contributed by atoms with E-state index in [4.69, 9.17) is 14.6 Å². The normalized spacial score (nSPS) is 40.6. The van der Waals surface area contributed by atoms with E-state index < -0.39 is 24.6 Å². The van der Waals surface area contributed by atoms with Gasteiger partial charge in [-0.05, 0) is 6.92 Å². The lowest BCUT2D eigenvalue weighted by atomic mass is 10.0. The predicted octanol–water partition coefficient (Wildman–Crippen LogP) is -1.15. The highest BCUT2D eigenvalue weighted by atomic mass is 16.7. The molecular formula is C8H16O5. The van der Waals surface area contributed by atoms with Gasteiger partial charge in [0, 0.05) is 13.0 Å². The van der Waals surface area contributed by atoms with Crippen LogP contribution in [0.4, 0.5) is 0 Å². The van der Waals surface area contributed by atoms with Gasteiger partial charge < -0.3 is 24.8 Å². The van der Waals surface area contributed by atoms with Crippen molar-refractivity contribution in [2.45, 2.75) is 37.9 Å². The Hall–Kier alpha value is -0.200. The molecule has 0 aromatic rings. The fraction of sp³-hybridized carbons (Fsp3) is 1.00. The first-order valence-electron chi connectivity index (χ1n) is 4.43. The second-order valence-electron chi connectivity index (χ2n) is 3.04. The van der Waals surface area contributed by atoms with Gasteiger partial charge in [-0.3, -0.25) is 0 Å². The summed E-state index contributed by atoms with van der Waals surface area (Å²) in [5.74, 6) is 0. The molecule has 0 saturated carbocycles. The van der Waals surface area contributed by atoms with Crippen LogP contribution in [0.2, 0.25) is 0 Å². The average molecular weight is 192 g/mol. The quantitative estimate of drug-likeness (QED) is 0.526. The van der Waals surface area contributed by atoms with Crippen molar-refractivity contribution in [1.82, 2.24) is 0 Å². The van der Waals surface area contributed by atoms with E-state index >= 15 is 0 Å². The van der Waals surface area contributed by atoms with Crippen LogP contribution in [0.25, 0.3) is 0 Å². The predicted molar refractivity (Wildman–Crippen MR) is 44.0 cm³/mol. The lowest BCUT2D eigenvalue weighted by molar-refractivity contribution is -0.255. The third-order valence-corrected chi connectivity index (χ3v) is 2.07. The molecule has 13 heavy (non-hydrogen) atoms. The number of hydrogen-bond acceptors (Lipinski definition) is 5. The molecule has 78 valence electrons. The minimum Gasteiger partial charge on any atom is -0.394 e. The van der Waals surface area contributed by atoms with Crippen LogP contribution >= 0.6 is 0 Å². The van der Waals surface area contributed by atoms with Crippen molar-refractivity contribution >= 4 is 0 Å². The zero-order valence-corrected chi connectivity index (χ0v) is 7.59. The molecule has 1 aliphatic rings. The summed E-state index contributed by atoms with van der Waals surface area (Å²) in [6.45, 7) is 1.97. The summed E-state index contributed by atoms with van der Waals surface area (Å²) in [5, 5.41) is 27.5. The first-order chi connectivity index (χ1) is 6.19. The number of aliphatic hydroxyl groups excluding tert-OH is 3. The van der Waals surface area contributed by atoms with Gasteiger partial charge in [0.2, 0.25) is 0 Å². The highest BCUT2D eigenvalue weighted by Gasteiger charge is 2.36. The number of hydrogen-bond donors (Lipinski definition) is 3. The first-order valence-corrected chi connectivity index (χ1v) is 4.43. The minimum atomic E-state index is -1.03. The molecule has 0 spiro atoms.